The molecule has 0 amide bonds. The second-order valence-electron chi connectivity index (χ2n) is 5.73. The summed E-state index contributed by atoms with van der Waals surface area (Å²) in [7, 11) is 0. The van der Waals surface area contributed by atoms with Crippen molar-refractivity contribution in [3.63, 3.8) is 0 Å². The molecule has 0 N–H and O–H groups in total. The summed E-state index contributed by atoms with van der Waals surface area (Å²) in [5.74, 6) is 0.901. The van der Waals surface area contributed by atoms with E-state index in [1.807, 2.05) is 25.1 Å². The molecule has 0 fully saturated rings. The lowest BCUT2D eigenvalue weighted by Gasteiger charge is -2.15. The summed E-state index contributed by atoms with van der Waals surface area (Å²) >= 11 is 4.87. The maximum absolute atomic E-state index is 11.8. The predicted octanol–water partition coefficient (Wildman–Crippen LogP) is 6.24. The zero-order valence-corrected chi connectivity index (χ0v) is 17.0. The van der Waals surface area contributed by atoms with E-state index in [-0.39, 0.29) is 5.12 Å². The molecular formula is C20H23BrO2S. The molecule has 0 aliphatic heterocycles. The molecule has 0 spiro atoms. The first-order valence-electron chi connectivity index (χ1n) is 8.17. The highest BCUT2D eigenvalue weighted by molar-refractivity contribution is 9.10. The van der Waals surface area contributed by atoms with Crippen molar-refractivity contribution >= 4 is 32.8 Å². The van der Waals surface area contributed by atoms with E-state index in [0.717, 1.165) is 32.7 Å². The topological polar surface area (TPSA) is 26.3 Å². The van der Waals surface area contributed by atoms with Crippen LogP contribution < -0.4 is 4.74 Å². The molecule has 0 aliphatic carbocycles. The number of hydrogen-bond acceptors (Lipinski definition) is 3. The van der Waals surface area contributed by atoms with Crippen LogP contribution in [-0.2, 0) is 17.8 Å². The van der Waals surface area contributed by atoms with E-state index in [9.17, 15) is 4.79 Å². The Labute approximate surface area is 157 Å². The average Bonchev–Trinajstić information content (AvgIpc) is 2.56. The highest BCUT2D eigenvalue weighted by atomic mass is 79.9. The SMILES string of the molecule is CCC(=O)Sc1cccc(Br)c1COc1cc(C)c(CC)cc1C. The molecule has 128 valence electrons. The normalized spacial score (nSPS) is 10.7. The van der Waals surface area contributed by atoms with Gasteiger partial charge in [-0.05, 0) is 55.2 Å². The van der Waals surface area contributed by atoms with Gasteiger partial charge in [0.1, 0.15) is 12.4 Å². The van der Waals surface area contributed by atoms with Gasteiger partial charge in [0, 0.05) is 21.4 Å². The Hall–Kier alpha value is -1.26. The molecule has 0 unspecified atom stereocenters. The molecule has 24 heavy (non-hydrogen) atoms. The fourth-order valence-corrected chi connectivity index (χ4v) is 3.95. The van der Waals surface area contributed by atoms with Crippen LogP contribution in [0.5, 0.6) is 5.75 Å². The van der Waals surface area contributed by atoms with E-state index in [4.69, 9.17) is 4.74 Å². The molecule has 0 atom stereocenters. The van der Waals surface area contributed by atoms with Crippen molar-refractivity contribution in [1.82, 2.24) is 0 Å². The molecule has 2 aromatic rings. The number of hydrogen-bond donors (Lipinski definition) is 0. The minimum atomic E-state index is 0.161. The summed E-state index contributed by atoms with van der Waals surface area (Å²) in [5, 5.41) is 0.161. The molecule has 0 heterocycles. The Balaban J connectivity index is 2.23. The number of aryl methyl sites for hydroxylation is 3. The number of carbonyl (C=O) groups excluding carboxylic acids is 1. The molecule has 2 nitrogen and oxygen atoms in total. The van der Waals surface area contributed by atoms with Gasteiger partial charge in [-0.15, -0.1) is 0 Å². The Morgan fingerprint density at radius 2 is 1.92 bits per heavy atom. The van der Waals surface area contributed by atoms with E-state index in [1.165, 1.54) is 22.9 Å². The van der Waals surface area contributed by atoms with Crippen molar-refractivity contribution in [2.75, 3.05) is 0 Å². The second-order valence-corrected chi connectivity index (χ2v) is 7.68. The first-order chi connectivity index (χ1) is 11.5. The Morgan fingerprint density at radius 3 is 2.58 bits per heavy atom. The van der Waals surface area contributed by atoms with Gasteiger partial charge in [0.05, 0.1) is 0 Å². The van der Waals surface area contributed by atoms with E-state index < -0.39 is 0 Å². The summed E-state index contributed by atoms with van der Waals surface area (Å²) in [6.45, 7) is 8.67. The van der Waals surface area contributed by atoms with E-state index in [0.29, 0.717) is 13.0 Å². The lowest BCUT2D eigenvalue weighted by molar-refractivity contribution is -0.110. The monoisotopic (exact) mass is 406 g/mol. The predicted molar refractivity (Wildman–Crippen MR) is 105 cm³/mol. The van der Waals surface area contributed by atoms with Crippen molar-refractivity contribution in [2.45, 2.75) is 52.0 Å². The fraction of sp³-hybridized carbons (Fsp3) is 0.350. The van der Waals surface area contributed by atoms with Gasteiger partial charge in [0.25, 0.3) is 0 Å². The number of benzene rings is 2. The highest BCUT2D eigenvalue weighted by Gasteiger charge is 2.12. The van der Waals surface area contributed by atoms with Gasteiger partial charge in [-0.3, -0.25) is 4.79 Å². The number of thioether (sulfide) groups is 1. The summed E-state index contributed by atoms with van der Waals surface area (Å²) in [6.07, 6.45) is 1.55. The molecule has 4 heteroatoms. The van der Waals surface area contributed by atoms with Crippen molar-refractivity contribution in [3.8, 4) is 5.75 Å². The zero-order valence-electron chi connectivity index (χ0n) is 14.6. The first-order valence-corrected chi connectivity index (χ1v) is 9.78. The molecule has 0 bridgehead atoms. The quantitative estimate of drug-likeness (QED) is 0.531. The lowest BCUT2D eigenvalue weighted by Crippen LogP contribution is -2.02. The Morgan fingerprint density at radius 1 is 1.17 bits per heavy atom. The second kappa shape index (κ2) is 8.72. The molecule has 0 saturated heterocycles. The minimum Gasteiger partial charge on any atom is -0.489 e. The molecule has 2 rings (SSSR count). The van der Waals surface area contributed by atoms with E-state index in [1.54, 1.807) is 0 Å². The molecule has 0 aliphatic rings. The average molecular weight is 407 g/mol. The van der Waals surface area contributed by atoms with Crippen LogP contribution in [0, 0.1) is 13.8 Å². The van der Waals surface area contributed by atoms with Gasteiger partial charge in [-0.2, -0.15) is 0 Å². The van der Waals surface area contributed by atoms with Crippen LogP contribution >= 0.6 is 27.7 Å². The molecule has 0 aromatic heterocycles. The summed E-state index contributed by atoms with van der Waals surface area (Å²) < 4.78 is 7.05. The number of halogens is 1. The van der Waals surface area contributed by atoms with Crippen LogP contribution in [0.4, 0.5) is 0 Å². The summed E-state index contributed by atoms with van der Waals surface area (Å²) in [4.78, 5) is 12.7. The maximum Gasteiger partial charge on any atom is 0.193 e. The van der Waals surface area contributed by atoms with Gasteiger partial charge < -0.3 is 4.74 Å². The van der Waals surface area contributed by atoms with Crippen LogP contribution in [0.15, 0.2) is 39.7 Å². The smallest absolute Gasteiger partial charge is 0.193 e. The van der Waals surface area contributed by atoms with Gasteiger partial charge in [0.2, 0.25) is 0 Å². The van der Waals surface area contributed by atoms with Crippen LogP contribution in [0.25, 0.3) is 0 Å². The van der Waals surface area contributed by atoms with E-state index in [2.05, 4.69) is 48.8 Å². The number of rotatable bonds is 6. The van der Waals surface area contributed by atoms with Crippen molar-refractivity contribution in [3.05, 3.63) is 57.1 Å². The first kappa shape index (κ1) is 19.1. The van der Waals surface area contributed by atoms with Gasteiger partial charge in [-0.25, -0.2) is 0 Å². The van der Waals surface area contributed by atoms with Gasteiger partial charge in [0.15, 0.2) is 5.12 Å². The van der Waals surface area contributed by atoms with Gasteiger partial charge >= 0.3 is 0 Å². The maximum atomic E-state index is 11.8. The molecular weight excluding hydrogens is 384 g/mol. The summed E-state index contributed by atoms with van der Waals surface area (Å²) in [6, 6.07) is 10.2. The lowest BCUT2D eigenvalue weighted by atomic mass is 10.0. The zero-order chi connectivity index (χ0) is 17.7. The van der Waals surface area contributed by atoms with Crippen LogP contribution in [0.3, 0.4) is 0 Å². The van der Waals surface area contributed by atoms with Crippen LogP contribution in [0.1, 0.15) is 42.5 Å². The molecule has 2 aromatic carbocycles. The third-order valence-electron chi connectivity index (χ3n) is 3.97. The Kier molecular flexibility index (Phi) is 6.93. The van der Waals surface area contributed by atoms with Gasteiger partial charge in [-0.1, -0.05) is 53.7 Å². The van der Waals surface area contributed by atoms with Crippen LogP contribution in [-0.4, -0.2) is 5.12 Å². The van der Waals surface area contributed by atoms with Crippen molar-refractivity contribution in [2.24, 2.45) is 0 Å². The minimum absolute atomic E-state index is 0.161. The van der Waals surface area contributed by atoms with Crippen molar-refractivity contribution < 1.29 is 9.53 Å². The largest absolute Gasteiger partial charge is 0.489 e. The number of carbonyl (C=O) groups is 1. The standard InChI is InChI=1S/C20H23BrO2S/c1-5-15-10-14(4)18(11-13(15)3)23-12-16-17(21)8-7-9-19(16)24-20(22)6-2/h7-11H,5-6,12H2,1-4H3. The highest BCUT2D eigenvalue weighted by Crippen LogP contribution is 2.32. The van der Waals surface area contributed by atoms with Crippen LogP contribution in [0.2, 0.25) is 0 Å². The summed E-state index contributed by atoms with van der Waals surface area (Å²) in [5.41, 5.74) is 4.76. The molecule has 0 radical (unpaired) electrons. The van der Waals surface area contributed by atoms with E-state index >= 15 is 0 Å². The van der Waals surface area contributed by atoms with Crippen molar-refractivity contribution in [1.29, 1.82) is 0 Å². The Bertz CT molecular complexity index is 741. The number of ether oxygens (including phenoxy) is 1. The fourth-order valence-electron chi connectivity index (χ4n) is 2.51. The third-order valence-corrected chi connectivity index (χ3v) is 5.84. The third kappa shape index (κ3) is 4.64. The molecule has 0 saturated carbocycles.